The van der Waals surface area contributed by atoms with Gasteiger partial charge in [-0.2, -0.15) is 31.6 Å². The topological polar surface area (TPSA) is 143 Å². The van der Waals surface area contributed by atoms with Crippen LogP contribution in [0.25, 0.3) is 22.3 Å². The Labute approximate surface area is 282 Å². The average Bonchev–Trinajstić information content (AvgIpc) is 3.66. The van der Waals surface area contributed by atoms with E-state index in [2.05, 4.69) is 12.1 Å². The van der Waals surface area contributed by atoms with Gasteiger partial charge in [0.1, 0.15) is 59.7 Å². The predicted octanol–water partition coefficient (Wildman–Crippen LogP) is 8.48. The van der Waals surface area contributed by atoms with Crippen molar-refractivity contribution < 1.29 is 17.6 Å². The Morgan fingerprint density at radius 1 is 0.420 bits per heavy atom. The van der Waals surface area contributed by atoms with Crippen molar-refractivity contribution in [2.24, 2.45) is 0 Å². The maximum atomic E-state index is 15.0. The second kappa shape index (κ2) is 12.8. The highest BCUT2D eigenvalue weighted by Gasteiger charge is 2.35. The van der Waals surface area contributed by atoms with Crippen LogP contribution in [0, 0.1) is 91.3 Å². The van der Waals surface area contributed by atoms with Gasteiger partial charge in [-0.3, -0.25) is 0 Å². The summed E-state index contributed by atoms with van der Waals surface area (Å²) in [5.74, 6) is -3.50. The Balaban J connectivity index is 1.73. The first-order valence-electron chi connectivity index (χ1n) is 14.5. The van der Waals surface area contributed by atoms with Crippen molar-refractivity contribution in [2.45, 2.75) is 0 Å². The van der Waals surface area contributed by atoms with E-state index in [4.69, 9.17) is 0 Å². The van der Waals surface area contributed by atoms with E-state index >= 15 is 8.78 Å². The monoisotopic (exact) mass is 654 g/mol. The van der Waals surface area contributed by atoms with Gasteiger partial charge in [-0.25, -0.2) is 17.6 Å². The van der Waals surface area contributed by atoms with Crippen LogP contribution in [0.3, 0.4) is 0 Å². The number of benzene rings is 4. The van der Waals surface area contributed by atoms with Crippen molar-refractivity contribution in [3.05, 3.63) is 175 Å². The molecule has 0 saturated carbocycles. The summed E-state index contributed by atoms with van der Waals surface area (Å²) in [7, 11) is 0. The van der Waals surface area contributed by atoms with Crippen LogP contribution in [0.4, 0.5) is 17.6 Å². The van der Waals surface area contributed by atoms with Crippen LogP contribution in [0.1, 0.15) is 44.5 Å². The smallest absolute Gasteiger partial charge is 0.141 e. The average molecular weight is 655 g/mol. The molecule has 6 nitrogen and oxygen atoms in total. The van der Waals surface area contributed by atoms with E-state index in [9.17, 15) is 40.4 Å². The molecule has 0 heterocycles. The Hall–Kier alpha value is -7.76. The molecular weight excluding hydrogens is 640 g/mol. The minimum Gasteiger partial charge on any atom is -0.206 e. The molecule has 0 atom stereocenters. The summed E-state index contributed by atoms with van der Waals surface area (Å²) in [5.41, 5.74) is 0.785. The Bertz CT molecular complexity index is 2470. The fraction of sp³-hybridized carbons (Fsp3) is 0. The number of hydrogen-bond donors (Lipinski definition) is 0. The molecule has 0 spiro atoms. The maximum Gasteiger partial charge on any atom is 0.141 e. The zero-order valence-electron chi connectivity index (χ0n) is 25.3. The van der Waals surface area contributed by atoms with Gasteiger partial charge < -0.3 is 0 Å². The number of halogens is 4. The SMILES string of the molecule is N#C/C(=C1\C(c2ccc(C#N)c(F)c2)=CC2=C1C=C(c1ccc(C#N)c(F)c1)/C2=C(\C#N)c1ccc(C#N)c(F)c1)c1ccc(C#N)c(F)c1. The molecule has 232 valence electrons. The molecule has 4 aromatic carbocycles. The lowest BCUT2D eigenvalue weighted by atomic mass is 9.87. The standard InChI is InChI=1S/C40H14F4N6/c41-35-9-21(1-5-25(35)15-45)29-13-31-32(39(29)33(19-49)23-3-7-27(17-47)37(43)11-23)14-30(22-2-6-26(16-46)36(42)10-22)40(31)34(20-50)24-4-8-28(18-48)38(44)12-24/h1-14H/b39-33-,40-34-. The minimum atomic E-state index is -0.897. The van der Waals surface area contributed by atoms with Crippen LogP contribution in [0.2, 0.25) is 0 Å². The third-order valence-electron chi connectivity index (χ3n) is 8.23. The number of rotatable bonds is 4. The van der Waals surface area contributed by atoms with Gasteiger partial charge >= 0.3 is 0 Å². The van der Waals surface area contributed by atoms with Crippen LogP contribution in [0.5, 0.6) is 0 Å². The highest BCUT2D eigenvalue weighted by molar-refractivity contribution is 6.12. The highest BCUT2D eigenvalue weighted by Crippen LogP contribution is 2.53. The third kappa shape index (κ3) is 5.29. The molecule has 2 aliphatic carbocycles. The Kier molecular flexibility index (Phi) is 8.24. The van der Waals surface area contributed by atoms with Gasteiger partial charge in [-0.15, -0.1) is 0 Å². The van der Waals surface area contributed by atoms with E-state index in [1.165, 1.54) is 48.5 Å². The van der Waals surface area contributed by atoms with Gasteiger partial charge in [0.15, 0.2) is 0 Å². The highest BCUT2D eigenvalue weighted by atomic mass is 19.1. The lowest BCUT2D eigenvalue weighted by molar-refractivity contribution is 0.623. The van der Waals surface area contributed by atoms with E-state index < -0.39 is 23.3 Å². The largest absolute Gasteiger partial charge is 0.206 e. The van der Waals surface area contributed by atoms with E-state index in [0.717, 1.165) is 24.3 Å². The van der Waals surface area contributed by atoms with E-state index in [1.54, 1.807) is 36.4 Å². The van der Waals surface area contributed by atoms with Gasteiger partial charge in [0.05, 0.1) is 33.4 Å². The molecule has 6 rings (SSSR count). The molecule has 0 fully saturated rings. The van der Waals surface area contributed by atoms with E-state index in [0.29, 0.717) is 11.1 Å². The third-order valence-corrected chi connectivity index (χ3v) is 8.23. The second-order valence-electron chi connectivity index (χ2n) is 10.9. The van der Waals surface area contributed by atoms with Crippen molar-refractivity contribution in [1.82, 2.24) is 0 Å². The summed E-state index contributed by atoms with van der Waals surface area (Å²) in [6.45, 7) is 0. The van der Waals surface area contributed by atoms with Crippen LogP contribution >= 0.6 is 0 Å². The Morgan fingerprint density at radius 2 is 0.740 bits per heavy atom. The summed E-state index contributed by atoms with van der Waals surface area (Å²) in [5, 5.41) is 58.3. The Morgan fingerprint density at radius 3 is 1.02 bits per heavy atom. The molecule has 2 aliphatic rings. The van der Waals surface area contributed by atoms with Crippen molar-refractivity contribution >= 4 is 22.3 Å². The molecule has 0 bridgehead atoms. The second-order valence-corrected chi connectivity index (χ2v) is 10.9. The van der Waals surface area contributed by atoms with Crippen molar-refractivity contribution in [1.29, 1.82) is 31.6 Å². The summed E-state index contributed by atoms with van der Waals surface area (Å²) in [6, 6.07) is 25.8. The van der Waals surface area contributed by atoms with Crippen LogP contribution in [0.15, 0.2) is 107 Å². The predicted molar refractivity (Wildman–Crippen MR) is 173 cm³/mol. The normalized spacial score (nSPS) is 14.9. The zero-order valence-corrected chi connectivity index (χ0v) is 25.3. The van der Waals surface area contributed by atoms with E-state index in [1.807, 2.05) is 0 Å². The molecule has 50 heavy (non-hydrogen) atoms. The van der Waals surface area contributed by atoms with E-state index in [-0.39, 0.29) is 77.9 Å². The zero-order chi connectivity index (χ0) is 35.7. The van der Waals surface area contributed by atoms with Gasteiger partial charge in [-0.1, -0.05) is 24.3 Å². The molecule has 0 N–H and O–H groups in total. The molecule has 4 aromatic rings. The molecule has 10 heteroatoms. The lowest BCUT2D eigenvalue weighted by Gasteiger charge is -2.15. The molecular formula is C40H14F4N6. The molecule has 0 unspecified atom stereocenters. The summed E-state index contributed by atoms with van der Waals surface area (Å²) in [6.07, 6.45) is 3.11. The lowest BCUT2D eigenvalue weighted by Crippen LogP contribution is -1.98. The molecule has 0 radical (unpaired) electrons. The number of allylic oxidation sites excluding steroid dienone is 10. The first-order valence-corrected chi connectivity index (χ1v) is 14.5. The fourth-order valence-corrected chi connectivity index (χ4v) is 5.89. The molecule has 0 aromatic heterocycles. The number of nitriles is 6. The first-order chi connectivity index (χ1) is 24.2. The summed E-state index contributed by atoms with van der Waals surface area (Å²) < 4.78 is 59.8. The van der Waals surface area contributed by atoms with Gasteiger partial charge in [0, 0.05) is 11.1 Å². The van der Waals surface area contributed by atoms with Crippen LogP contribution < -0.4 is 0 Å². The minimum absolute atomic E-state index is 0.0687. The van der Waals surface area contributed by atoms with Crippen LogP contribution in [-0.2, 0) is 0 Å². The van der Waals surface area contributed by atoms with Gasteiger partial charge in [-0.05, 0) is 105 Å². The summed E-state index contributed by atoms with van der Waals surface area (Å²) >= 11 is 0. The van der Waals surface area contributed by atoms with Crippen molar-refractivity contribution in [3.63, 3.8) is 0 Å². The first kappa shape index (κ1) is 32.2. The molecule has 0 amide bonds. The van der Waals surface area contributed by atoms with Crippen LogP contribution in [-0.4, -0.2) is 0 Å². The molecule has 0 saturated heterocycles. The number of hydrogen-bond acceptors (Lipinski definition) is 6. The molecule has 0 aliphatic heterocycles. The summed E-state index contributed by atoms with van der Waals surface area (Å²) in [4.78, 5) is 0. The van der Waals surface area contributed by atoms with Gasteiger partial charge in [0.25, 0.3) is 0 Å². The number of nitrogens with zero attached hydrogens (tertiary/aromatic N) is 6. The van der Waals surface area contributed by atoms with Crippen molar-refractivity contribution in [2.75, 3.05) is 0 Å². The maximum absolute atomic E-state index is 15.0. The van der Waals surface area contributed by atoms with Gasteiger partial charge in [0.2, 0.25) is 0 Å². The quantitative estimate of drug-likeness (QED) is 0.160. The van der Waals surface area contributed by atoms with Crippen molar-refractivity contribution in [3.8, 4) is 36.4 Å². The fourth-order valence-electron chi connectivity index (χ4n) is 5.89.